The van der Waals surface area contributed by atoms with Gasteiger partial charge in [0.2, 0.25) is 0 Å². The number of aromatic nitrogens is 6. The number of alkyl halides is 9. The molecule has 7 aromatic carbocycles. The molecule has 0 N–H and O–H groups in total. The Kier molecular flexibility index (Phi) is 12.9. The minimum Gasteiger partial charge on any atom is -0.244 e. The number of halogens is 9. The van der Waals surface area contributed by atoms with Gasteiger partial charge in [0.1, 0.15) is 0 Å². The monoisotopic (exact) mass is 1060 g/mol. The highest BCUT2D eigenvalue weighted by Crippen LogP contribution is 2.44. The van der Waals surface area contributed by atoms with Crippen LogP contribution in [0.1, 0.15) is 95.7 Å². The standard InChI is InChI=1S/C63H51F9N6/c1-58(2,3)40-16-10-34(11-17-40)52-55(73-46-25-22-43(61(64,65)66)31-49(46)76-52)37-28-38(56-53(35-12-18-41(19-13-35)59(4,5)6)77-50-32-44(62(67,68)69)23-26-47(50)74-56)30-39(29-37)57-54(36-14-20-42(21-15-36)60(7,8)9)78-51-33-45(63(70,71)72)24-27-48(51)75-57/h10-33H,1-9H3. The van der Waals surface area contributed by atoms with Crippen molar-refractivity contribution < 1.29 is 39.5 Å². The van der Waals surface area contributed by atoms with Gasteiger partial charge in [-0.05, 0) is 106 Å². The first-order valence-corrected chi connectivity index (χ1v) is 25.0. The van der Waals surface area contributed by atoms with E-state index in [1.165, 1.54) is 18.2 Å². The number of hydrogen-bond donors (Lipinski definition) is 0. The SMILES string of the molecule is CC(C)(C)c1ccc(-c2nc3cc(C(F)(F)F)ccc3nc2-c2cc(-c3nc4ccc(C(F)(F)F)cc4nc3-c3ccc(C(C)(C)C)cc3)cc(-c3nc4ccc(C(F)(F)F)cc4nc3-c3ccc(C(C)(C)C)cc3)c2)cc1. The lowest BCUT2D eigenvalue weighted by atomic mass is 9.86. The molecule has 0 spiro atoms. The van der Waals surface area contributed by atoms with Gasteiger partial charge in [0.05, 0.1) is 84.0 Å². The molecule has 0 amide bonds. The third-order valence-electron chi connectivity index (χ3n) is 13.8. The lowest BCUT2D eigenvalue weighted by Crippen LogP contribution is -2.10. The Morgan fingerprint density at radius 1 is 0.218 bits per heavy atom. The summed E-state index contributed by atoms with van der Waals surface area (Å²) in [5.74, 6) is 0. The van der Waals surface area contributed by atoms with Crippen molar-refractivity contribution in [3.63, 3.8) is 0 Å². The van der Waals surface area contributed by atoms with E-state index in [1.807, 2.05) is 135 Å². The van der Waals surface area contributed by atoms with Crippen molar-refractivity contribution in [1.29, 1.82) is 0 Å². The number of nitrogens with zero attached hydrogens (tertiary/aromatic N) is 6. The Labute approximate surface area is 444 Å². The summed E-state index contributed by atoms with van der Waals surface area (Å²) in [7, 11) is 0. The van der Waals surface area contributed by atoms with Gasteiger partial charge in [-0.2, -0.15) is 39.5 Å². The van der Waals surface area contributed by atoms with Crippen LogP contribution >= 0.6 is 0 Å². The van der Waals surface area contributed by atoms with E-state index in [9.17, 15) is 39.5 Å². The highest BCUT2D eigenvalue weighted by Gasteiger charge is 2.34. The molecule has 0 saturated heterocycles. The summed E-state index contributed by atoms with van der Waals surface area (Å²) in [6.45, 7) is 18.4. The highest BCUT2D eigenvalue weighted by atomic mass is 19.4. The minimum atomic E-state index is -4.69. The fourth-order valence-electron chi connectivity index (χ4n) is 9.32. The Bertz CT molecular complexity index is 3530. The largest absolute Gasteiger partial charge is 0.416 e. The normalized spacial score (nSPS) is 13.0. The maximum atomic E-state index is 14.3. The average molecular weight is 1060 g/mol. The summed E-state index contributed by atoms with van der Waals surface area (Å²) < 4.78 is 128. The quantitative estimate of drug-likeness (QED) is 0.154. The molecule has 3 aromatic heterocycles. The van der Waals surface area contributed by atoms with Crippen molar-refractivity contribution >= 4 is 33.1 Å². The van der Waals surface area contributed by atoms with Crippen molar-refractivity contribution in [3.05, 3.63) is 179 Å². The van der Waals surface area contributed by atoms with Crippen LogP contribution in [0.15, 0.2) is 146 Å². The molecule has 3 heterocycles. The van der Waals surface area contributed by atoms with Crippen LogP contribution in [0.5, 0.6) is 0 Å². The molecule has 0 bridgehead atoms. The Hall–Kier alpha value is -8.07. The van der Waals surface area contributed by atoms with Crippen molar-refractivity contribution in [2.24, 2.45) is 0 Å². The zero-order valence-electron chi connectivity index (χ0n) is 43.9. The van der Waals surface area contributed by atoms with Gasteiger partial charge in [0.25, 0.3) is 0 Å². The van der Waals surface area contributed by atoms with Gasteiger partial charge in [-0.15, -0.1) is 0 Å². The third kappa shape index (κ3) is 10.7. The molecular formula is C63H51F9N6. The Morgan fingerprint density at radius 3 is 0.615 bits per heavy atom. The van der Waals surface area contributed by atoms with E-state index in [0.29, 0.717) is 33.4 Å². The molecule has 0 aliphatic carbocycles. The van der Waals surface area contributed by atoms with Crippen LogP contribution in [0.4, 0.5) is 39.5 Å². The Balaban J connectivity index is 1.33. The minimum absolute atomic E-state index is 0.0286. The van der Waals surface area contributed by atoms with Crippen molar-refractivity contribution in [2.75, 3.05) is 0 Å². The molecule has 0 unspecified atom stereocenters. The maximum absolute atomic E-state index is 14.3. The van der Waals surface area contributed by atoms with Crippen LogP contribution in [0.25, 0.3) is 101 Å². The molecule has 0 radical (unpaired) electrons. The molecule has 78 heavy (non-hydrogen) atoms. The van der Waals surface area contributed by atoms with E-state index in [4.69, 9.17) is 29.9 Å². The summed E-state index contributed by atoms with van der Waals surface area (Å²) in [6.07, 6.45) is -14.1. The van der Waals surface area contributed by atoms with Crippen LogP contribution in [-0.2, 0) is 34.8 Å². The fraction of sp³-hybridized carbons (Fsp3) is 0.238. The topological polar surface area (TPSA) is 77.3 Å². The summed E-state index contributed by atoms with van der Waals surface area (Å²) in [4.78, 5) is 29.9. The zero-order valence-corrected chi connectivity index (χ0v) is 43.9. The number of hydrogen-bond acceptors (Lipinski definition) is 6. The molecule has 6 nitrogen and oxygen atoms in total. The van der Waals surface area contributed by atoms with Crippen LogP contribution in [0.2, 0.25) is 0 Å². The lowest BCUT2D eigenvalue weighted by molar-refractivity contribution is -0.138. The predicted octanol–water partition coefficient (Wildman–Crippen LogP) is 18.5. The van der Waals surface area contributed by atoms with E-state index in [-0.39, 0.29) is 83.5 Å². The van der Waals surface area contributed by atoms with Gasteiger partial charge in [0, 0.05) is 33.4 Å². The van der Waals surface area contributed by atoms with E-state index in [1.54, 1.807) is 18.2 Å². The fourth-order valence-corrected chi connectivity index (χ4v) is 9.32. The predicted molar refractivity (Wildman–Crippen MR) is 289 cm³/mol. The summed E-state index contributed by atoms with van der Waals surface area (Å²) in [6, 6.07) is 37.1. The molecule has 0 aliphatic rings. The molecule has 0 aliphatic heterocycles. The smallest absolute Gasteiger partial charge is 0.244 e. The van der Waals surface area contributed by atoms with Gasteiger partial charge in [0.15, 0.2) is 0 Å². The van der Waals surface area contributed by atoms with Crippen LogP contribution in [0.3, 0.4) is 0 Å². The zero-order chi connectivity index (χ0) is 56.1. The van der Waals surface area contributed by atoms with Gasteiger partial charge in [-0.3, -0.25) is 0 Å². The first-order valence-electron chi connectivity index (χ1n) is 25.0. The summed E-state index contributed by atoms with van der Waals surface area (Å²) >= 11 is 0. The second-order valence-corrected chi connectivity index (χ2v) is 22.6. The molecule has 0 fully saturated rings. The molecule has 0 atom stereocenters. The van der Waals surface area contributed by atoms with Crippen molar-refractivity contribution in [2.45, 2.75) is 97.1 Å². The van der Waals surface area contributed by atoms with Gasteiger partial charge in [-0.25, -0.2) is 29.9 Å². The van der Waals surface area contributed by atoms with Crippen LogP contribution in [0, 0.1) is 0 Å². The van der Waals surface area contributed by atoms with Gasteiger partial charge < -0.3 is 0 Å². The second-order valence-electron chi connectivity index (χ2n) is 22.6. The lowest BCUT2D eigenvalue weighted by Gasteiger charge is -2.20. The molecule has 10 aromatic rings. The average Bonchev–Trinajstić information content (AvgIpc) is 3.46. The molecule has 396 valence electrons. The van der Waals surface area contributed by atoms with E-state index < -0.39 is 35.2 Å². The molecule has 15 heteroatoms. The molecule has 0 saturated carbocycles. The first-order chi connectivity index (χ1) is 36.4. The number of benzene rings is 7. The highest BCUT2D eigenvalue weighted by molar-refractivity contribution is 5.95. The van der Waals surface area contributed by atoms with Gasteiger partial charge in [-0.1, -0.05) is 135 Å². The number of rotatable bonds is 6. The van der Waals surface area contributed by atoms with Gasteiger partial charge >= 0.3 is 18.5 Å². The summed E-state index contributed by atoms with van der Waals surface area (Å²) in [5, 5.41) is 0. The third-order valence-corrected chi connectivity index (χ3v) is 13.8. The number of fused-ring (bicyclic) bond motifs is 3. The van der Waals surface area contributed by atoms with E-state index >= 15 is 0 Å². The van der Waals surface area contributed by atoms with E-state index in [2.05, 4.69) is 0 Å². The summed E-state index contributed by atoms with van der Waals surface area (Å²) in [5.41, 5.74) is 3.69. The first kappa shape index (κ1) is 53.3. The Morgan fingerprint density at radius 2 is 0.410 bits per heavy atom. The van der Waals surface area contributed by atoms with Crippen LogP contribution in [-0.4, -0.2) is 29.9 Å². The second kappa shape index (κ2) is 18.8. The van der Waals surface area contributed by atoms with E-state index in [0.717, 1.165) is 53.1 Å². The molecule has 10 rings (SSSR count). The van der Waals surface area contributed by atoms with Crippen molar-refractivity contribution in [1.82, 2.24) is 29.9 Å². The van der Waals surface area contributed by atoms with Crippen molar-refractivity contribution in [3.8, 4) is 67.5 Å². The molecular weight excluding hydrogens is 1010 g/mol. The maximum Gasteiger partial charge on any atom is 0.416 e. The van der Waals surface area contributed by atoms with Crippen LogP contribution < -0.4 is 0 Å².